The minimum Gasteiger partial charge on any atom is -0.383 e. The quantitative estimate of drug-likeness (QED) is 0.748. The summed E-state index contributed by atoms with van der Waals surface area (Å²) in [5.41, 5.74) is -0.247. The van der Waals surface area contributed by atoms with Gasteiger partial charge in [0.25, 0.3) is 5.91 Å². The van der Waals surface area contributed by atoms with Gasteiger partial charge in [0, 0.05) is 25.8 Å². The number of carbonyl (C=O) groups is 1. The third-order valence-corrected chi connectivity index (χ3v) is 2.45. The van der Waals surface area contributed by atoms with Gasteiger partial charge in [-0.3, -0.25) is 4.79 Å². The number of nitrogens with one attached hydrogen (secondary N) is 2. The number of hydrogen-bond donors (Lipinski definition) is 2. The Kier molecular flexibility index (Phi) is 6.21. The summed E-state index contributed by atoms with van der Waals surface area (Å²) >= 11 is 0. The van der Waals surface area contributed by atoms with Crippen LogP contribution in [0, 0.1) is 11.6 Å². The lowest BCUT2D eigenvalue weighted by molar-refractivity contribution is 0.0936. The Balaban J connectivity index is 2.79. The smallest absolute Gasteiger partial charge is 0.251 e. The number of hydrogen-bond acceptors (Lipinski definition) is 3. The van der Waals surface area contributed by atoms with Crippen LogP contribution in [0.2, 0.25) is 0 Å². The predicted molar refractivity (Wildman–Crippen MR) is 69.3 cm³/mol. The molecule has 1 aromatic rings. The number of carbonyl (C=O) groups excluding carboxylic acids is 1. The third kappa shape index (κ3) is 4.48. The molecule has 0 aromatic heterocycles. The van der Waals surface area contributed by atoms with E-state index in [9.17, 15) is 13.6 Å². The second kappa shape index (κ2) is 7.68. The van der Waals surface area contributed by atoms with E-state index < -0.39 is 17.5 Å². The fourth-order valence-electron chi connectivity index (χ4n) is 1.49. The largest absolute Gasteiger partial charge is 0.383 e. The van der Waals surface area contributed by atoms with Crippen LogP contribution in [0.3, 0.4) is 0 Å². The normalized spacial score (nSPS) is 10.3. The number of ether oxygens (including phenoxy) is 1. The molecule has 0 fully saturated rings. The molecule has 0 radical (unpaired) electrons. The zero-order chi connectivity index (χ0) is 14.3. The van der Waals surface area contributed by atoms with Crippen LogP contribution in [0.4, 0.5) is 14.5 Å². The lowest BCUT2D eigenvalue weighted by atomic mass is 10.1. The number of halogens is 2. The van der Waals surface area contributed by atoms with Crippen molar-refractivity contribution in [3.05, 3.63) is 29.3 Å². The average molecular weight is 272 g/mol. The van der Waals surface area contributed by atoms with E-state index in [2.05, 4.69) is 10.6 Å². The van der Waals surface area contributed by atoms with Gasteiger partial charge in [-0.25, -0.2) is 8.78 Å². The Morgan fingerprint density at radius 3 is 2.42 bits per heavy atom. The Bertz CT molecular complexity index is 416. The first-order valence-electron chi connectivity index (χ1n) is 6.10. The summed E-state index contributed by atoms with van der Waals surface area (Å²) in [6.07, 6.45) is 0.748. The summed E-state index contributed by atoms with van der Waals surface area (Å²) < 4.78 is 32.1. The summed E-state index contributed by atoms with van der Waals surface area (Å²) in [4.78, 5) is 11.6. The van der Waals surface area contributed by atoms with E-state index in [0.29, 0.717) is 13.2 Å². The van der Waals surface area contributed by atoms with Crippen LogP contribution in [0.5, 0.6) is 0 Å². The molecule has 19 heavy (non-hydrogen) atoms. The maximum Gasteiger partial charge on any atom is 0.251 e. The monoisotopic (exact) mass is 272 g/mol. The first kappa shape index (κ1) is 15.4. The lowest BCUT2D eigenvalue weighted by Crippen LogP contribution is -2.27. The molecule has 1 rings (SSSR count). The van der Waals surface area contributed by atoms with E-state index in [4.69, 9.17) is 4.74 Å². The molecule has 0 saturated carbocycles. The second-order valence-corrected chi connectivity index (χ2v) is 3.99. The Labute approximate surface area is 111 Å². The van der Waals surface area contributed by atoms with Crippen molar-refractivity contribution in [2.24, 2.45) is 0 Å². The molecular weight excluding hydrogens is 254 g/mol. The fourth-order valence-corrected chi connectivity index (χ4v) is 1.49. The van der Waals surface area contributed by atoms with Crippen molar-refractivity contribution in [3.63, 3.8) is 0 Å². The van der Waals surface area contributed by atoms with Crippen LogP contribution >= 0.6 is 0 Å². The summed E-state index contributed by atoms with van der Waals surface area (Å²) in [5.74, 6) is -2.08. The molecule has 0 aliphatic heterocycles. The highest BCUT2D eigenvalue weighted by atomic mass is 19.1. The van der Waals surface area contributed by atoms with Gasteiger partial charge in [0.05, 0.1) is 6.61 Å². The molecule has 0 aliphatic carbocycles. The van der Waals surface area contributed by atoms with Crippen molar-refractivity contribution in [2.45, 2.75) is 13.3 Å². The highest BCUT2D eigenvalue weighted by molar-refractivity contribution is 5.94. The highest BCUT2D eigenvalue weighted by Crippen LogP contribution is 2.20. The molecule has 2 N–H and O–H groups in total. The molecule has 0 bridgehead atoms. The molecule has 0 atom stereocenters. The van der Waals surface area contributed by atoms with Crippen LogP contribution in [0.25, 0.3) is 0 Å². The third-order valence-electron chi connectivity index (χ3n) is 2.45. The first-order valence-corrected chi connectivity index (χ1v) is 6.10. The molecule has 0 aliphatic rings. The van der Waals surface area contributed by atoms with Crippen LogP contribution in [-0.4, -0.2) is 32.7 Å². The van der Waals surface area contributed by atoms with Gasteiger partial charge in [0.15, 0.2) is 0 Å². The molecule has 0 heterocycles. The number of benzene rings is 1. The summed E-state index contributed by atoms with van der Waals surface area (Å²) in [5, 5.41) is 5.15. The maximum atomic E-state index is 13.7. The number of anilines is 1. The minimum atomic E-state index is -0.773. The summed E-state index contributed by atoms with van der Waals surface area (Å²) in [6, 6.07) is 2.03. The van der Waals surface area contributed by atoms with Gasteiger partial charge >= 0.3 is 0 Å². The Hall–Kier alpha value is -1.69. The number of rotatable bonds is 7. The number of methoxy groups -OCH3 is 1. The van der Waals surface area contributed by atoms with Crippen LogP contribution in [0.15, 0.2) is 12.1 Å². The molecule has 0 spiro atoms. The van der Waals surface area contributed by atoms with E-state index in [-0.39, 0.29) is 17.8 Å². The van der Waals surface area contributed by atoms with Crippen LogP contribution in [0.1, 0.15) is 23.7 Å². The molecule has 106 valence electrons. The maximum absolute atomic E-state index is 13.7. The molecule has 0 unspecified atom stereocenters. The first-order chi connectivity index (χ1) is 9.10. The van der Waals surface area contributed by atoms with Gasteiger partial charge in [0.2, 0.25) is 0 Å². The van der Waals surface area contributed by atoms with E-state index in [1.165, 1.54) is 7.11 Å². The molecular formula is C13H18F2N2O2. The van der Waals surface area contributed by atoms with Crippen molar-refractivity contribution in [3.8, 4) is 0 Å². The van der Waals surface area contributed by atoms with E-state index in [0.717, 1.165) is 18.6 Å². The molecule has 4 nitrogen and oxygen atoms in total. The van der Waals surface area contributed by atoms with Gasteiger partial charge in [-0.1, -0.05) is 6.92 Å². The van der Waals surface area contributed by atoms with Gasteiger partial charge in [-0.15, -0.1) is 0 Å². The van der Waals surface area contributed by atoms with Gasteiger partial charge in [0.1, 0.15) is 17.3 Å². The topological polar surface area (TPSA) is 50.4 Å². The van der Waals surface area contributed by atoms with Gasteiger partial charge in [-0.05, 0) is 18.6 Å². The van der Waals surface area contributed by atoms with Crippen molar-refractivity contribution < 1.29 is 18.3 Å². The Morgan fingerprint density at radius 2 is 1.89 bits per heavy atom. The lowest BCUT2D eigenvalue weighted by Gasteiger charge is -2.10. The van der Waals surface area contributed by atoms with Crippen molar-refractivity contribution >= 4 is 11.6 Å². The summed E-state index contributed by atoms with van der Waals surface area (Å²) in [6.45, 7) is 2.98. The molecule has 0 saturated heterocycles. The number of amides is 1. The minimum absolute atomic E-state index is 0.0480. The predicted octanol–water partition coefficient (Wildman–Crippen LogP) is 2.16. The average Bonchev–Trinajstić information content (AvgIpc) is 2.38. The highest BCUT2D eigenvalue weighted by Gasteiger charge is 2.14. The Morgan fingerprint density at radius 1 is 1.26 bits per heavy atom. The van der Waals surface area contributed by atoms with E-state index in [1.807, 2.05) is 6.92 Å². The van der Waals surface area contributed by atoms with Crippen molar-refractivity contribution in [2.75, 3.05) is 32.1 Å². The van der Waals surface area contributed by atoms with Crippen LogP contribution in [-0.2, 0) is 4.74 Å². The molecule has 1 aromatic carbocycles. The molecule has 1 amide bonds. The van der Waals surface area contributed by atoms with Crippen molar-refractivity contribution in [1.29, 1.82) is 0 Å². The fraction of sp³-hybridized carbons (Fsp3) is 0.462. The SMILES string of the molecule is CCCNc1c(F)cc(C(=O)NCCOC)cc1F. The summed E-state index contributed by atoms with van der Waals surface area (Å²) in [7, 11) is 1.50. The second-order valence-electron chi connectivity index (χ2n) is 3.99. The van der Waals surface area contributed by atoms with E-state index in [1.54, 1.807) is 0 Å². The van der Waals surface area contributed by atoms with Gasteiger partial charge < -0.3 is 15.4 Å². The van der Waals surface area contributed by atoms with E-state index >= 15 is 0 Å². The zero-order valence-corrected chi connectivity index (χ0v) is 11.1. The standard InChI is InChI=1S/C13H18F2N2O2/c1-3-4-16-12-10(14)7-9(8-11(12)15)13(18)17-5-6-19-2/h7-8,16H,3-6H2,1-2H3,(H,17,18). The zero-order valence-electron chi connectivity index (χ0n) is 11.1. The van der Waals surface area contributed by atoms with Gasteiger partial charge in [-0.2, -0.15) is 0 Å². The van der Waals surface area contributed by atoms with Crippen molar-refractivity contribution in [1.82, 2.24) is 5.32 Å². The van der Waals surface area contributed by atoms with Crippen LogP contribution < -0.4 is 10.6 Å². The molecule has 6 heteroatoms.